The summed E-state index contributed by atoms with van der Waals surface area (Å²) >= 11 is 0. The highest BCUT2D eigenvalue weighted by molar-refractivity contribution is 5.96. The molecule has 2 aromatic rings. The van der Waals surface area contributed by atoms with Crippen LogP contribution >= 0.6 is 0 Å². The van der Waals surface area contributed by atoms with Gasteiger partial charge in [0.25, 0.3) is 5.91 Å². The van der Waals surface area contributed by atoms with Gasteiger partial charge in [-0.05, 0) is 27.2 Å². The number of hydrogen-bond donors (Lipinski definition) is 0. The number of rotatable bonds is 4. The lowest BCUT2D eigenvalue weighted by Crippen LogP contribution is -2.43. The summed E-state index contributed by atoms with van der Waals surface area (Å²) in [6.07, 6.45) is 2.78. The molecule has 1 saturated heterocycles. The first-order valence-corrected chi connectivity index (χ1v) is 8.87. The van der Waals surface area contributed by atoms with E-state index in [-0.39, 0.29) is 12.0 Å². The number of imidazole rings is 1. The van der Waals surface area contributed by atoms with Gasteiger partial charge < -0.3 is 14.2 Å². The van der Waals surface area contributed by atoms with Crippen LogP contribution in [0.15, 0.2) is 6.20 Å². The number of hydrogen-bond acceptors (Lipinski definition) is 4. The number of ether oxygens (including phenoxy) is 1. The summed E-state index contributed by atoms with van der Waals surface area (Å²) in [7, 11) is 1.96. The van der Waals surface area contributed by atoms with Crippen molar-refractivity contribution in [2.75, 3.05) is 19.7 Å². The minimum Gasteiger partial charge on any atom is -0.367 e. The molecule has 1 fully saturated rings. The number of carbonyl (C=O) groups excluding carboxylic acids is 1. The summed E-state index contributed by atoms with van der Waals surface area (Å²) in [5.74, 6) is 0.904. The fourth-order valence-corrected chi connectivity index (χ4v) is 3.52. The first-order valence-electron chi connectivity index (χ1n) is 8.87. The fraction of sp³-hybridized carbons (Fsp3) is 0.611. The van der Waals surface area contributed by atoms with Gasteiger partial charge in [0.15, 0.2) is 0 Å². The molecule has 1 aliphatic rings. The average molecular weight is 345 g/mol. The number of amides is 1. The van der Waals surface area contributed by atoms with Gasteiger partial charge in [0.05, 0.1) is 30.1 Å². The van der Waals surface area contributed by atoms with Gasteiger partial charge in [0, 0.05) is 32.0 Å². The molecule has 1 aliphatic heterocycles. The van der Waals surface area contributed by atoms with Gasteiger partial charge in [-0.1, -0.05) is 6.92 Å². The van der Waals surface area contributed by atoms with Crippen LogP contribution in [0, 0.1) is 20.8 Å². The largest absolute Gasteiger partial charge is 0.367 e. The predicted octanol–water partition coefficient (Wildman–Crippen LogP) is 2.17. The molecule has 2 aromatic heterocycles. The van der Waals surface area contributed by atoms with E-state index in [0.717, 1.165) is 41.4 Å². The summed E-state index contributed by atoms with van der Waals surface area (Å²) in [5, 5.41) is 4.53. The van der Waals surface area contributed by atoms with Crippen LogP contribution in [0.25, 0.3) is 0 Å². The van der Waals surface area contributed by atoms with E-state index in [4.69, 9.17) is 4.74 Å². The highest BCUT2D eigenvalue weighted by atomic mass is 16.5. The molecule has 25 heavy (non-hydrogen) atoms. The van der Waals surface area contributed by atoms with Gasteiger partial charge in [-0.2, -0.15) is 5.10 Å². The molecule has 1 unspecified atom stereocenters. The van der Waals surface area contributed by atoms with Crippen LogP contribution in [-0.2, 0) is 18.3 Å². The molecule has 1 atom stereocenters. The Morgan fingerprint density at radius 2 is 2.12 bits per heavy atom. The molecule has 0 bridgehead atoms. The van der Waals surface area contributed by atoms with E-state index in [9.17, 15) is 4.79 Å². The highest BCUT2D eigenvalue weighted by Gasteiger charge is 2.31. The number of morpholine rings is 1. The first-order chi connectivity index (χ1) is 11.9. The standard InChI is InChI=1S/C18H27N5O2/c1-6-7-23-14(4)16(13(3)20-23)18(24)22-8-9-25-15(11-22)17-19-12(2)10-21(17)5/h10,15H,6-9,11H2,1-5H3. The van der Waals surface area contributed by atoms with Crippen molar-refractivity contribution in [3.63, 3.8) is 0 Å². The summed E-state index contributed by atoms with van der Waals surface area (Å²) in [5.41, 5.74) is 3.43. The second-order valence-electron chi connectivity index (χ2n) is 6.73. The van der Waals surface area contributed by atoms with Gasteiger partial charge in [0.1, 0.15) is 11.9 Å². The Hall–Kier alpha value is -2.15. The van der Waals surface area contributed by atoms with Crippen molar-refractivity contribution in [3.05, 3.63) is 34.7 Å². The van der Waals surface area contributed by atoms with Crippen LogP contribution in [0.1, 0.15) is 52.7 Å². The van der Waals surface area contributed by atoms with E-state index in [2.05, 4.69) is 17.0 Å². The Bertz CT molecular complexity index is 777. The van der Waals surface area contributed by atoms with Gasteiger partial charge in [-0.15, -0.1) is 0 Å². The number of carbonyl (C=O) groups is 1. The monoisotopic (exact) mass is 345 g/mol. The lowest BCUT2D eigenvalue weighted by atomic mass is 10.1. The molecular weight excluding hydrogens is 318 g/mol. The highest BCUT2D eigenvalue weighted by Crippen LogP contribution is 2.24. The van der Waals surface area contributed by atoms with Crippen molar-refractivity contribution >= 4 is 5.91 Å². The molecule has 0 saturated carbocycles. The van der Waals surface area contributed by atoms with Crippen molar-refractivity contribution in [3.8, 4) is 0 Å². The average Bonchev–Trinajstić information content (AvgIpc) is 3.06. The Balaban J connectivity index is 1.82. The quantitative estimate of drug-likeness (QED) is 0.852. The summed E-state index contributed by atoms with van der Waals surface area (Å²) < 4.78 is 9.79. The Morgan fingerprint density at radius 3 is 2.76 bits per heavy atom. The number of aryl methyl sites for hydroxylation is 4. The zero-order valence-corrected chi connectivity index (χ0v) is 15.7. The Kier molecular flexibility index (Phi) is 4.94. The predicted molar refractivity (Wildman–Crippen MR) is 94.5 cm³/mol. The molecule has 0 radical (unpaired) electrons. The molecule has 1 amide bonds. The van der Waals surface area contributed by atoms with E-state index in [0.29, 0.717) is 19.7 Å². The fourth-order valence-electron chi connectivity index (χ4n) is 3.52. The third-order valence-corrected chi connectivity index (χ3v) is 4.71. The van der Waals surface area contributed by atoms with E-state index < -0.39 is 0 Å². The topological polar surface area (TPSA) is 65.2 Å². The molecule has 3 rings (SSSR count). The summed E-state index contributed by atoms with van der Waals surface area (Å²) in [6, 6.07) is 0. The third kappa shape index (κ3) is 3.33. The van der Waals surface area contributed by atoms with Crippen molar-refractivity contribution in [1.82, 2.24) is 24.2 Å². The number of aromatic nitrogens is 4. The maximum absolute atomic E-state index is 13.1. The zero-order valence-electron chi connectivity index (χ0n) is 15.7. The lowest BCUT2D eigenvalue weighted by Gasteiger charge is -2.32. The van der Waals surface area contributed by atoms with Gasteiger partial charge in [0.2, 0.25) is 0 Å². The second-order valence-corrected chi connectivity index (χ2v) is 6.73. The number of nitrogens with zero attached hydrogens (tertiary/aromatic N) is 5. The smallest absolute Gasteiger partial charge is 0.257 e. The van der Waals surface area contributed by atoms with Crippen molar-refractivity contribution in [2.45, 2.75) is 46.8 Å². The van der Waals surface area contributed by atoms with Crippen LogP contribution in [0.4, 0.5) is 0 Å². The lowest BCUT2D eigenvalue weighted by molar-refractivity contribution is -0.0280. The van der Waals surface area contributed by atoms with Crippen molar-refractivity contribution in [2.24, 2.45) is 7.05 Å². The molecule has 0 spiro atoms. The maximum Gasteiger partial charge on any atom is 0.257 e. The van der Waals surface area contributed by atoms with E-state index in [1.165, 1.54) is 0 Å². The molecule has 0 aliphatic carbocycles. The SMILES string of the molecule is CCCn1nc(C)c(C(=O)N2CCOC(c3nc(C)cn3C)C2)c1C. The van der Waals surface area contributed by atoms with Crippen molar-refractivity contribution < 1.29 is 9.53 Å². The maximum atomic E-state index is 13.1. The van der Waals surface area contributed by atoms with Crippen LogP contribution in [0.2, 0.25) is 0 Å². The summed E-state index contributed by atoms with van der Waals surface area (Å²) in [6.45, 7) is 10.4. The van der Waals surface area contributed by atoms with E-state index >= 15 is 0 Å². The van der Waals surface area contributed by atoms with E-state index in [1.54, 1.807) is 0 Å². The minimum atomic E-state index is -0.192. The molecule has 136 valence electrons. The first kappa shape index (κ1) is 17.7. The molecule has 3 heterocycles. The van der Waals surface area contributed by atoms with Crippen LogP contribution in [0.5, 0.6) is 0 Å². The van der Waals surface area contributed by atoms with Crippen LogP contribution in [-0.4, -0.2) is 49.8 Å². The molecule has 7 heteroatoms. The van der Waals surface area contributed by atoms with Gasteiger partial charge in [-0.25, -0.2) is 4.98 Å². The van der Waals surface area contributed by atoms with Crippen molar-refractivity contribution in [1.29, 1.82) is 0 Å². The van der Waals surface area contributed by atoms with E-state index in [1.807, 2.05) is 48.2 Å². The van der Waals surface area contributed by atoms with Crippen LogP contribution in [0.3, 0.4) is 0 Å². The Labute approximate surface area is 148 Å². The zero-order chi connectivity index (χ0) is 18.1. The normalized spacial score (nSPS) is 18.0. The molecule has 7 nitrogen and oxygen atoms in total. The molecule has 0 aromatic carbocycles. The molecule has 0 N–H and O–H groups in total. The second kappa shape index (κ2) is 7.00. The van der Waals surface area contributed by atoms with Gasteiger partial charge >= 0.3 is 0 Å². The van der Waals surface area contributed by atoms with Gasteiger partial charge in [-0.3, -0.25) is 9.48 Å². The van der Waals surface area contributed by atoms with Crippen LogP contribution < -0.4 is 0 Å². The minimum absolute atomic E-state index is 0.0385. The third-order valence-electron chi connectivity index (χ3n) is 4.71. The Morgan fingerprint density at radius 1 is 1.36 bits per heavy atom. The molecular formula is C18H27N5O2. The summed E-state index contributed by atoms with van der Waals surface area (Å²) in [4.78, 5) is 19.5.